The summed E-state index contributed by atoms with van der Waals surface area (Å²) in [6, 6.07) is 14.9. The van der Waals surface area contributed by atoms with E-state index in [2.05, 4.69) is 0 Å². The van der Waals surface area contributed by atoms with Crippen molar-refractivity contribution in [2.75, 3.05) is 24.7 Å². The molecule has 0 saturated heterocycles. The van der Waals surface area contributed by atoms with E-state index < -0.39 is 17.9 Å². The molecule has 0 aromatic heterocycles. The fourth-order valence-electron chi connectivity index (χ4n) is 3.68. The number of carboxylic acid groups (broad SMARTS) is 1. The Morgan fingerprint density at radius 2 is 1.58 bits per heavy atom. The van der Waals surface area contributed by atoms with Gasteiger partial charge in [0.1, 0.15) is 12.4 Å². The molecule has 31 heavy (non-hydrogen) atoms. The van der Waals surface area contributed by atoms with Gasteiger partial charge in [0.05, 0.1) is 24.6 Å². The van der Waals surface area contributed by atoms with Crippen LogP contribution in [0.5, 0.6) is 0 Å². The molecule has 1 saturated carbocycles. The van der Waals surface area contributed by atoms with Gasteiger partial charge in [-0.25, -0.2) is 18.9 Å². The average molecular weight is 442 g/mol. The first kappa shape index (κ1) is 25.1. The summed E-state index contributed by atoms with van der Waals surface area (Å²) in [6.45, 7) is 0.466. The Hall–Kier alpha value is -2.16. The normalized spacial score (nSPS) is 18.0. The first-order chi connectivity index (χ1) is 14.5. The number of hydrogen-bond acceptors (Lipinski definition) is 4. The fraction of sp³-hybridized carbons (Fsp3) is 0.391. The number of ether oxygens (including phenoxy) is 2. The number of amides is 1. The molecule has 2 aromatic rings. The van der Waals surface area contributed by atoms with Crippen molar-refractivity contribution in [2.45, 2.75) is 25.7 Å². The van der Waals surface area contributed by atoms with E-state index in [1.165, 1.54) is 17.0 Å². The van der Waals surface area contributed by atoms with Crippen molar-refractivity contribution >= 4 is 46.5 Å². The largest absolute Gasteiger partial charge is 2.00 e. The first-order valence-electron chi connectivity index (χ1n) is 10.1. The van der Waals surface area contributed by atoms with Gasteiger partial charge in [-0.2, -0.15) is 0 Å². The van der Waals surface area contributed by atoms with Crippen molar-refractivity contribution in [1.82, 2.24) is 0 Å². The van der Waals surface area contributed by atoms with Gasteiger partial charge in [-0.15, -0.1) is 0 Å². The maximum atomic E-state index is 13.7. The molecule has 0 spiro atoms. The van der Waals surface area contributed by atoms with E-state index in [1.54, 1.807) is 24.3 Å². The monoisotopic (exact) mass is 441 g/mol. The Morgan fingerprint density at radius 1 is 0.968 bits per heavy atom. The fourth-order valence-corrected chi connectivity index (χ4v) is 3.68. The molecule has 0 bridgehead atoms. The molecule has 1 aliphatic rings. The van der Waals surface area contributed by atoms with Crippen molar-refractivity contribution in [3.63, 3.8) is 0 Å². The summed E-state index contributed by atoms with van der Waals surface area (Å²) in [6.07, 6.45) is 3.06. The summed E-state index contributed by atoms with van der Waals surface area (Å²) >= 11 is 0. The van der Waals surface area contributed by atoms with Gasteiger partial charge in [0.2, 0.25) is 0 Å². The van der Waals surface area contributed by atoms with E-state index in [-0.39, 0.29) is 38.4 Å². The van der Waals surface area contributed by atoms with Gasteiger partial charge in [0, 0.05) is 0 Å². The maximum absolute atomic E-state index is 13.7. The van der Waals surface area contributed by atoms with E-state index in [4.69, 9.17) is 14.6 Å². The maximum Gasteiger partial charge on any atom is 2.00 e. The van der Waals surface area contributed by atoms with Crippen LogP contribution < -0.4 is 4.90 Å². The van der Waals surface area contributed by atoms with Crippen LogP contribution in [-0.2, 0) is 14.3 Å². The van der Waals surface area contributed by atoms with E-state index in [1.807, 2.05) is 18.2 Å². The molecule has 6 nitrogen and oxygen atoms in total. The predicted molar refractivity (Wildman–Crippen MR) is 118 cm³/mol. The SMILES string of the molecule is O=C(O)COCC1CCC(COC(=O)N(c2ccccc2)c2cccc(F)c2)CC1.[H-].[H-].[Mg+2]. The third kappa shape index (κ3) is 7.79. The molecule has 1 aliphatic carbocycles. The smallest absolute Gasteiger partial charge is 1.00 e. The topological polar surface area (TPSA) is 76.1 Å². The van der Waals surface area contributed by atoms with Crippen LogP contribution >= 0.6 is 0 Å². The zero-order valence-electron chi connectivity index (χ0n) is 19.4. The van der Waals surface area contributed by atoms with Gasteiger partial charge >= 0.3 is 35.1 Å². The standard InChI is InChI=1S/C23H26FNO5.Mg.2H/c24-19-5-4-8-21(13-19)25(20-6-2-1-3-7-20)23(28)30-15-18-11-9-17(10-12-18)14-29-16-22(26)27;;;/h1-8,13,17-18H,9-12,14-16H2,(H,26,27);;;/q;+2;2*-1. The Kier molecular flexibility index (Phi) is 10.2. The van der Waals surface area contributed by atoms with Crippen LogP contribution in [0.4, 0.5) is 20.6 Å². The Morgan fingerprint density at radius 3 is 2.19 bits per heavy atom. The zero-order chi connectivity index (χ0) is 21.3. The molecular formula is C23H28FMgNO5. The molecule has 1 amide bonds. The Labute approximate surface area is 200 Å². The number of rotatable bonds is 8. The first-order valence-corrected chi connectivity index (χ1v) is 10.1. The van der Waals surface area contributed by atoms with Crippen molar-refractivity contribution in [1.29, 1.82) is 0 Å². The molecule has 0 unspecified atom stereocenters. The van der Waals surface area contributed by atoms with Gasteiger partial charge in [-0.05, 0) is 67.9 Å². The van der Waals surface area contributed by atoms with Gasteiger partial charge < -0.3 is 17.4 Å². The molecule has 0 atom stereocenters. The number of anilines is 2. The minimum atomic E-state index is -0.961. The quantitative estimate of drug-likeness (QED) is 0.592. The molecule has 164 valence electrons. The van der Waals surface area contributed by atoms with Gasteiger partial charge in [0.15, 0.2) is 0 Å². The number of hydrogen-bond donors (Lipinski definition) is 1. The number of carbonyl (C=O) groups is 2. The van der Waals surface area contributed by atoms with E-state index in [0.29, 0.717) is 30.5 Å². The van der Waals surface area contributed by atoms with Crippen LogP contribution in [0, 0.1) is 17.7 Å². The minimum absolute atomic E-state index is 0. The van der Waals surface area contributed by atoms with Crippen molar-refractivity contribution in [3.8, 4) is 0 Å². The number of halogens is 1. The molecule has 1 N–H and O–H groups in total. The van der Waals surface area contributed by atoms with Crippen LogP contribution in [0.2, 0.25) is 0 Å². The van der Waals surface area contributed by atoms with Crippen LogP contribution in [0.25, 0.3) is 0 Å². The van der Waals surface area contributed by atoms with Crippen LogP contribution in [0.1, 0.15) is 28.5 Å². The molecule has 8 heteroatoms. The molecule has 0 heterocycles. The van der Waals surface area contributed by atoms with Crippen molar-refractivity contribution < 1.29 is 31.4 Å². The second-order valence-corrected chi connectivity index (χ2v) is 7.52. The average Bonchev–Trinajstić information content (AvgIpc) is 2.74. The van der Waals surface area contributed by atoms with Crippen LogP contribution in [0.3, 0.4) is 0 Å². The number of benzene rings is 2. The Balaban J connectivity index is 0.00000341. The number of para-hydroxylation sites is 1. The summed E-state index contributed by atoms with van der Waals surface area (Å²) in [5.74, 6) is -0.805. The summed E-state index contributed by atoms with van der Waals surface area (Å²) in [5, 5.41) is 8.63. The summed E-state index contributed by atoms with van der Waals surface area (Å²) in [7, 11) is 0. The van der Waals surface area contributed by atoms with Crippen molar-refractivity contribution in [2.24, 2.45) is 11.8 Å². The number of nitrogens with zero attached hydrogens (tertiary/aromatic N) is 1. The number of carboxylic acids is 1. The third-order valence-corrected chi connectivity index (χ3v) is 5.25. The minimum Gasteiger partial charge on any atom is -1.00 e. The number of carbonyl (C=O) groups excluding carboxylic acids is 1. The summed E-state index contributed by atoms with van der Waals surface area (Å²) in [4.78, 5) is 24.8. The summed E-state index contributed by atoms with van der Waals surface area (Å²) < 4.78 is 24.5. The predicted octanol–water partition coefficient (Wildman–Crippen LogP) is 4.85. The molecule has 1 fully saturated rings. The molecule has 0 aliphatic heterocycles. The van der Waals surface area contributed by atoms with Crippen LogP contribution in [-0.4, -0.2) is 60.0 Å². The summed E-state index contributed by atoms with van der Waals surface area (Å²) in [5.41, 5.74) is 1.01. The second-order valence-electron chi connectivity index (χ2n) is 7.52. The Bertz CT molecular complexity index is 854. The van der Waals surface area contributed by atoms with Crippen LogP contribution in [0.15, 0.2) is 54.6 Å². The second kappa shape index (κ2) is 12.6. The molecule has 3 rings (SSSR count). The van der Waals surface area contributed by atoms with E-state index in [0.717, 1.165) is 25.7 Å². The molecule has 0 radical (unpaired) electrons. The van der Waals surface area contributed by atoms with Gasteiger partial charge in [-0.3, -0.25) is 0 Å². The molecular weight excluding hydrogens is 414 g/mol. The number of aliphatic carboxylic acids is 1. The van der Waals surface area contributed by atoms with Gasteiger partial charge in [0.25, 0.3) is 0 Å². The molecule has 2 aromatic carbocycles. The third-order valence-electron chi connectivity index (χ3n) is 5.25. The van der Waals surface area contributed by atoms with Crippen molar-refractivity contribution in [3.05, 3.63) is 60.4 Å². The van der Waals surface area contributed by atoms with E-state index >= 15 is 0 Å². The van der Waals surface area contributed by atoms with E-state index in [9.17, 15) is 14.0 Å². The zero-order valence-corrected chi connectivity index (χ0v) is 18.8. The van der Waals surface area contributed by atoms with Gasteiger partial charge in [-0.1, -0.05) is 24.3 Å².